The minimum Gasteiger partial charge on any atom is -0.423 e. The molecule has 2 aromatic rings. The molecule has 0 radical (unpaired) electrons. The summed E-state index contributed by atoms with van der Waals surface area (Å²) in [6.45, 7) is 6.73. The highest BCUT2D eigenvalue weighted by Gasteiger charge is 2.39. The number of aliphatic hydroxyl groups excluding tert-OH is 1. The smallest absolute Gasteiger partial charge is 0.235 e. The fraction of sp³-hybridized carbons (Fsp3) is 0.500. The lowest BCUT2D eigenvalue weighted by Gasteiger charge is -2.34. The third-order valence-corrected chi connectivity index (χ3v) is 4.12. The Morgan fingerprint density at radius 3 is 2.76 bits per heavy atom. The van der Waals surface area contributed by atoms with Gasteiger partial charge in [-0.05, 0) is 25.0 Å². The third-order valence-electron chi connectivity index (χ3n) is 4.12. The van der Waals surface area contributed by atoms with Gasteiger partial charge < -0.3 is 14.4 Å². The Kier molecular flexibility index (Phi) is 3.45. The lowest BCUT2D eigenvalue weighted by atomic mass is 9.98. The van der Waals surface area contributed by atoms with Crippen LogP contribution in [0.2, 0.25) is 0 Å². The van der Waals surface area contributed by atoms with Crippen molar-refractivity contribution in [3.63, 3.8) is 0 Å². The molecule has 1 aliphatic rings. The largest absolute Gasteiger partial charge is 0.423 e. The van der Waals surface area contributed by atoms with E-state index in [4.69, 9.17) is 4.42 Å². The third kappa shape index (κ3) is 2.42. The van der Waals surface area contributed by atoms with Crippen molar-refractivity contribution in [3.8, 4) is 0 Å². The zero-order chi connectivity index (χ0) is 15.0. The fourth-order valence-corrected chi connectivity index (χ4v) is 2.84. The van der Waals surface area contributed by atoms with Crippen molar-refractivity contribution in [2.24, 2.45) is 0 Å². The number of aliphatic hydroxyl groups is 1. The summed E-state index contributed by atoms with van der Waals surface area (Å²) in [5.41, 5.74) is 2.06. The number of aromatic nitrogens is 2. The Morgan fingerprint density at radius 2 is 2.10 bits per heavy atom. The van der Waals surface area contributed by atoms with Gasteiger partial charge in [-0.1, -0.05) is 32.0 Å². The van der Waals surface area contributed by atoms with Crippen molar-refractivity contribution in [2.45, 2.75) is 45.2 Å². The monoisotopic (exact) mass is 287 g/mol. The fourth-order valence-electron chi connectivity index (χ4n) is 2.84. The zero-order valence-electron chi connectivity index (χ0n) is 12.7. The van der Waals surface area contributed by atoms with Crippen LogP contribution in [0.4, 0.5) is 5.69 Å². The van der Waals surface area contributed by atoms with E-state index >= 15 is 0 Å². The molecule has 1 aliphatic heterocycles. The van der Waals surface area contributed by atoms with Gasteiger partial charge in [-0.25, -0.2) is 0 Å². The first-order chi connectivity index (χ1) is 10.0. The number of nitrogens with zero attached hydrogens (tertiary/aromatic N) is 3. The Balaban J connectivity index is 1.91. The quantitative estimate of drug-likeness (QED) is 0.936. The average Bonchev–Trinajstić information content (AvgIpc) is 3.04. The molecule has 5 heteroatoms. The van der Waals surface area contributed by atoms with E-state index in [9.17, 15) is 5.11 Å². The molecule has 3 rings (SSSR count). The molecule has 1 atom stereocenters. The summed E-state index contributed by atoms with van der Waals surface area (Å²) in [4.78, 5) is 2.17. The van der Waals surface area contributed by atoms with E-state index in [1.54, 1.807) is 0 Å². The highest BCUT2D eigenvalue weighted by Crippen LogP contribution is 2.39. The molecule has 0 saturated carbocycles. The first-order valence-corrected chi connectivity index (χ1v) is 7.32. The number of rotatable bonds is 4. The predicted molar refractivity (Wildman–Crippen MR) is 80.2 cm³/mol. The van der Waals surface area contributed by atoms with Crippen LogP contribution >= 0.6 is 0 Å². The number of para-hydroxylation sites is 1. The second kappa shape index (κ2) is 5.15. The van der Waals surface area contributed by atoms with Crippen molar-refractivity contribution in [3.05, 3.63) is 41.6 Å². The van der Waals surface area contributed by atoms with Gasteiger partial charge in [0, 0.05) is 11.6 Å². The predicted octanol–water partition coefficient (Wildman–Crippen LogP) is 2.51. The molecule has 1 aromatic carbocycles. The van der Waals surface area contributed by atoms with E-state index in [-0.39, 0.29) is 18.1 Å². The van der Waals surface area contributed by atoms with Crippen LogP contribution in [0.25, 0.3) is 0 Å². The van der Waals surface area contributed by atoms with Crippen molar-refractivity contribution >= 4 is 5.69 Å². The molecule has 1 unspecified atom stereocenters. The van der Waals surface area contributed by atoms with Crippen LogP contribution in [0, 0.1) is 0 Å². The van der Waals surface area contributed by atoms with E-state index in [2.05, 4.69) is 34.2 Å². The van der Waals surface area contributed by atoms with Crippen molar-refractivity contribution in [1.82, 2.24) is 10.2 Å². The van der Waals surface area contributed by atoms with Gasteiger partial charge in [0.25, 0.3) is 0 Å². The summed E-state index contributed by atoms with van der Waals surface area (Å²) in [5, 5.41) is 18.0. The van der Waals surface area contributed by atoms with Crippen LogP contribution in [-0.2, 0) is 13.0 Å². The van der Waals surface area contributed by atoms with Crippen LogP contribution in [-0.4, -0.2) is 27.4 Å². The molecular formula is C16H21N3O2. The Morgan fingerprint density at radius 1 is 1.33 bits per heavy atom. The molecule has 0 fully saturated rings. The molecule has 0 saturated heterocycles. The maximum atomic E-state index is 9.83. The number of fused-ring (bicyclic) bond motifs is 1. The first kappa shape index (κ1) is 14.1. The molecule has 2 heterocycles. The number of hydrogen-bond acceptors (Lipinski definition) is 5. The van der Waals surface area contributed by atoms with Gasteiger partial charge in [-0.2, -0.15) is 0 Å². The molecule has 0 bridgehead atoms. The van der Waals surface area contributed by atoms with Gasteiger partial charge in [0.05, 0.1) is 18.7 Å². The van der Waals surface area contributed by atoms with E-state index in [0.29, 0.717) is 18.3 Å². The molecule has 21 heavy (non-hydrogen) atoms. The van der Waals surface area contributed by atoms with Gasteiger partial charge in [0.2, 0.25) is 11.8 Å². The molecular weight excluding hydrogens is 266 g/mol. The Hall–Kier alpha value is -1.88. The summed E-state index contributed by atoms with van der Waals surface area (Å²) >= 11 is 0. The van der Waals surface area contributed by atoms with Crippen LogP contribution in [0.1, 0.15) is 44.0 Å². The maximum Gasteiger partial charge on any atom is 0.235 e. The van der Waals surface area contributed by atoms with E-state index < -0.39 is 0 Å². The maximum absolute atomic E-state index is 9.83. The van der Waals surface area contributed by atoms with E-state index in [0.717, 1.165) is 12.1 Å². The van der Waals surface area contributed by atoms with Crippen LogP contribution in [0.5, 0.6) is 0 Å². The molecule has 0 amide bonds. The molecule has 0 aliphatic carbocycles. The van der Waals surface area contributed by atoms with E-state index in [1.807, 2.05) is 26.0 Å². The van der Waals surface area contributed by atoms with Crippen LogP contribution in [0.15, 0.2) is 28.7 Å². The highest BCUT2D eigenvalue weighted by atomic mass is 16.4. The van der Waals surface area contributed by atoms with Crippen molar-refractivity contribution in [2.75, 3.05) is 11.5 Å². The van der Waals surface area contributed by atoms with Gasteiger partial charge >= 0.3 is 0 Å². The standard InChI is InChI=1S/C16H21N3O2/c1-11(2)15-18-17-14(21-15)9-19-13-7-5-4-6-12(13)8-16(19,3)10-20/h4-7,11,20H,8-10H2,1-3H3. The van der Waals surface area contributed by atoms with Gasteiger partial charge in [-0.3, -0.25) is 0 Å². The van der Waals surface area contributed by atoms with Crippen molar-refractivity contribution in [1.29, 1.82) is 0 Å². The summed E-state index contributed by atoms with van der Waals surface area (Å²) in [6.07, 6.45) is 0.824. The minimum absolute atomic E-state index is 0.0901. The second-order valence-corrected chi connectivity index (χ2v) is 6.24. The number of anilines is 1. The second-order valence-electron chi connectivity index (χ2n) is 6.24. The van der Waals surface area contributed by atoms with Crippen LogP contribution < -0.4 is 4.90 Å². The Bertz CT molecular complexity index is 638. The lowest BCUT2D eigenvalue weighted by molar-refractivity contribution is 0.202. The molecule has 5 nitrogen and oxygen atoms in total. The summed E-state index contributed by atoms with van der Waals surface area (Å²) in [7, 11) is 0. The van der Waals surface area contributed by atoms with Crippen molar-refractivity contribution < 1.29 is 9.52 Å². The normalized spacial score (nSPS) is 21.1. The zero-order valence-corrected chi connectivity index (χ0v) is 12.7. The highest BCUT2D eigenvalue weighted by molar-refractivity contribution is 5.61. The topological polar surface area (TPSA) is 62.4 Å². The summed E-state index contributed by atoms with van der Waals surface area (Å²) in [5.74, 6) is 1.47. The summed E-state index contributed by atoms with van der Waals surface area (Å²) < 4.78 is 5.71. The van der Waals surface area contributed by atoms with Crippen LogP contribution in [0.3, 0.4) is 0 Å². The SMILES string of the molecule is CC(C)c1nnc(CN2c3ccccc3CC2(C)CO)o1. The number of benzene rings is 1. The first-order valence-electron chi connectivity index (χ1n) is 7.32. The molecule has 112 valence electrons. The number of hydrogen-bond donors (Lipinski definition) is 1. The average molecular weight is 287 g/mol. The van der Waals surface area contributed by atoms with Gasteiger partial charge in [0.1, 0.15) is 0 Å². The summed E-state index contributed by atoms with van der Waals surface area (Å²) in [6, 6.07) is 8.23. The molecule has 1 N–H and O–H groups in total. The molecule has 0 spiro atoms. The van der Waals surface area contributed by atoms with Gasteiger partial charge in [-0.15, -0.1) is 10.2 Å². The van der Waals surface area contributed by atoms with Gasteiger partial charge in [0.15, 0.2) is 0 Å². The molecule has 1 aromatic heterocycles. The Labute approximate surface area is 124 Å². The lowest BCUT2D eigenvalue weighted by Crippen LogP contribution is -2.46. The minimum atomic E-state index is -0.323. The van der Waals surface area contributed by atoms with E-state index in [1.165, 1.54) is 5.56 Å².